The molecule has 25 heavy (non-hydrogen) atoms. The number of nitrogens with zero attached hydrogens (tertiary/aromatic N) is 4. The number of ether oxygens (including phenoxy) is 1. The van der Waals surface area contributed by atoms with Crippen molar-refractivity contribution < 1.29 is 14.9 Å². The first-order valence-electron chi connectivity index (χ1n) is 8.14. The Kier molecular flexibility index (Phi) is 5.28. The number of fused-ring (bicyclic) bond motifs is 1. The van der Waals surface area contributed by atoms with E-state index in [1.54, 1.807) is 17.8 Å². The third-order valence-electron chi connectivity index (χ3n) is 4.17. The van der Waals surface area contributed by atoms with Gasteiger partial charge in [0.05, 0.1) is 24.3 Å². The summed E-state index contributed by atoms with van der Waals surface area (Å²) in [4.78, 5) is 13.3. The predicted molar refractivity (Wildman–Crippen MR) is 97.8 cm³/mol. The minimum atomic E-state index is -0.869. The molecule has 0 saturated carbocycles. The zero-order valence-corrected chi connectivity index (χ0v) is 15.1. The summed E-state index contributed by atoms with van der Waals surface area (Å²) in [6.07, 6.45) is 0.314. The van der Waals surface area contributed by atoms with E-state index in [1.165, 1.54) is 0 Å². The summed E-state index contributed by atoms with van der Waals surface area (Å²) in [5.41, 5.74) is 2.31. The van der Waals surface area contributed by atoms with Crippen molar-refractivity contribution in [1.29, 1.82) is 0 Å². The highest BCUT2D eigenvalue weighted by molar-refractivity contribution is 7.81. The lowest BCUT2D eigenvalue weighted by molar-refractivity contribution is -0.0430. The minimum Gasteiger partial charge on any atom is -0.394 e. The van der Waals surface area contributed by atoms with E-state index in [0.717, 1.165) is 12.0 Å². The van der Waals surface area contributed by atoms with Crippen LogP contribution in [0.2, 0.25) is 0 Å². The van der Waals surface area contributed by atoms with Gasteiger partial charge in [-0.1, -0.05) is 5.57 Å². The molecule has 3 N–H and O–H groups in total. The van der Waals surface area contributed by atoms with Crippen molar-refractivity contribution in [3.63, 3.8) is 0 Å². The zero-order valence-electron chi connectivity index (χ0n) is 14.3. The van der Waals surface area contributed by atoms with E-state index < -0.39 is 23.7 Å². The number of aryl methyl sites for hydroxylation is 1. The second-order valence-corrected chi connectivity index (χ2v) is 6.90. The van der Waals surface area contributed by atoms with E-state index in [1.807, 2.05) is 6.92 Å². The number of hydrogen-bond acceptors (Lipinski definition) is 8. The number of nitrogens with one attached hydrogen (secondary N) is 1. The summed E-state index contributed by atoms with van der Waals surface area (Å²) >= 11 is 4.43. The Bertz CT molecular complexity index is 780. The molecule has 1 saturated heterocycles. The van der Waals surface area contributed by atoms with Crippen LogP contribution in [-0.4, -0.2) is 60.3 Å². The Morgan fingerprint density at radius 2 is 2.24 bits per heavy atom. The average molecular weight is 365 g/mol. The maximum atomic E-state index is 10.1. The van der Waals surface area contributed by atoms with Crippen LogP contribution in [0.3, 0.4) is 0 Å². The average Bonchev–Trinajstić information content (AvgIpc) is 3.09. The molecule has 0 aliphatic carbocycles. The standard InChI is InChI=1S/C16H23N5O3S/c1-8(2)4-5-17-14-11-15(20-9(3)19-14)21(7-18-11)16-13(25)12(23)10(6-22)24-16/h7,10,12-13,16,22-23,25H,1,4-6H2,2-3H3,(H,17,19,20)/t10-,12-,13-,16-/m1/s1. The van der Waals surface area contributed by atoms with Crippen LogP contribution >= 0.6 is 12.6 Å². The summed E-state index contributed by atoms with van der Waals surface area (Å²) < 4.78 is 7.46. The molecular formula is C16H23N5O3S. The fourth-order valence-corrected chi connectivity index (χ4v) is 3.24. The molecule has 3 heterocycles. The first-order valence-corrected chi connectivity index (χ1v) is 8.66. The molecule has 1 aliphatic rings. The SMILES string of the molecule is C=C(C)CCNc1nc(C)nc2c1ncn2[C@@H]1O[C@H](CO)[C@@H](O)[C@H]1S. The van der Waals surface area contributed by atoms with Gasteiger partial charge in [-0.15, -0.1) is 6.58 Å². The molecule has 1 aliphatic heterocycles. The van der Waals surface area contributed by atoms with E-state index in [4.69, 9.17) is 4.74 Å². The highest BCUT2D eigenvalue weighted by Gasteiger charge is 2.43. The third kappa shape index (κ3) is 3.50. The molecule has 9 heteroatoms. The van der Waals surface area contributed by atoms with Gasteiger partial charge in [0.1, 0.15) is 11.9 Å². The van der Waals surface area contributed by atoms with Crippen molar-refractivity contribution >= 4 is 29.6 Å². The lowest BCUT2D eigenvalue weighted by atomic mass is 10.2. The van der Waals surface area contributed by atoms with E-state index in [2.05, 4.69) is 39.5 Å². The minimum absolute atomic E-state index is 0.275. The van der Waals surface area contributed by atoms with E-state index >= 15 is 0 Å². The number of anilines is 1. The van der Waals surface area contributed by atoms with Gasteiger partial charge in [0.25, 0.3) is 0 Å². The molecule has 0 bridgehead atoms. The van der Waals surface area contributed by atoms with Gasteiger partial charge in [0.15, 0.2) is 23.2 Å². The molecule has 3 rings (SSSR count). The van der Waals surface area contributed by atoms with Crippen LogP contribution < -0.4 is 5.32 Å². The van der Waals surface area contributed by atoms with Crippen LogP contribution in [0.4, 0.5) is 5.82 Å². The second kappa shape index (κ2) is 7.28. The maximum absolute atomic E-state index is 10.1. The molecule has 0 radical (unpaired) electrons. The topological polar surface area (TPSA) is 105 Å². The first-order chi connectivity index (χ1) is 11.9. The molecule has 1 fully saturated rings. The molecule has 0 spiro atoms. The number of thiol groups is 1. The largest absolute Gasteiger partial charge is 0.394 e. The van der Waals surface area contributed by atoms with Crippen LogP contribution in [0.15, 0.2) is 18.5 Å². The van der Waals surface area contributed by atoms with Crippen molar-refractivity contribution in [2.45, 2.75) is 44.0 Å². The highest BCUT2D eigenvalue weighted by atomic mass is 32.1. The molecule has 2 aromatic heterocycles. The summed E-state index contributed by atoms with van der Waals surface area (Å²) in [7, 11) is 0. The lowest BCUT2D eigenvalue weighted by Crippen LogP contribution is -2.30. The smallest absolute Gasteiger partial charge is 0.167 e. The summed E-state index contributed by atoms with van der Waals surface area (Å²) in [5.74, 6) is 1.25. The van der Waals surface area contributed by atoms with Gasteiger partial charge in [-0.25, -0.2) is 15.0 Å². The van der Waals surface area contributed by atoms with Crippen molar-refractivity contribution in [2.24, 2.45) is 0 Å². The number of aromatic nitrogens is 4. The van der Waals surface area contributed by atoms with E-state index in [9.17, 15) is 10.2 Å². The van der Waals surface area contributed by atoms with Crippen molar-refractivity contribution in [1.82, 2.24) is 19.5 Å². The number of rotatable bonds is 6. The number of aliphatic hydroxyl groups excluding tert-OH is 2. The van der Waals surface area contributed by atoms with Gasteiger partial charge >= 0.3 is 0 Å². The Morgan fingerprint density at radius 1 is 1.48 bits per heavy atom. The lowest BCUT2D eigenvalue weighted by Gasteiger charge is -2.17. The van der Waals surface area contributed by atoms with Crippen molar-refractivity contribution in [3.8, 4) is 0 Å². The second-order valence-electron chi connectivity index (χ2n) is 6.31. The van der Waals surface area contributed by atoms with E-state index in [0.29, 0.717) is 29.4 Å². The Hall–Kier alpha value is -1.68. The molecule has 4 atom stereocenters. The zero-order chi connectivity index (χ0) is 18.1. The Balaban J connectivity index is 1.93. The van der Waals surface area contributed by atoms with Crippen LogP contribution in [-0.2, 0) is 4.74 Å². The van der Waals surface area contributed by atoms with Gasteiger partial charge in [0.2, 0.25) is 0 Å². The van der Waals surface area contributed by atoms with E-state index in [-0.39, 0.29) is 6.61 Å². The fraction of sp³-hybridized carbons (Fsp3) is 0.562. The van der Waals surface area contributed by atoms with Crippen LogP contribution in [0.25, 0.3) is 11.2 Å². The quantitative estimate of drug-likeness (QED) is 0.448. The van der Waals surface area contributed by atoms with Crippen LogP contribution in [0.5, 0.6) is 0 Å². The summed E-state index contributed by atoms with van der Waals surface area (Å²) in [6.45, 7) is 8.10. The van der Waals surface area contributed by atoms with Gasteiger partial charge in [0, 0.05) is 6.54 Å². The molecule has 136 valence electrons. The van der Waals surface area contributed by atoms with Gasteiger partial charge in [-0.05, 0) is 20.3 Å². The van der Waals surface area contributed by atoms with Crippen molar-refractivity contribution in [2.75, 3.05) is 18.5 Å². The molecule has 8 nitrogen and oxygen atoms in total. The molecule has 0 amide bonds. The summed E-state index contributed by atoms with van der Waals surface area (Å²) in [5, 5.41) is 22.2. The van der Waals surface area contributed by atoms with Crippen molar-refractivity contribution in [3.05, 3.63) is 24.3 Å². The number of hydrogen-bond donors (Lipinski definition) is 4. The predicted octanol–water partition coefficient (Wildman–Crippen LogP) is 1.06. The van der Waals surface area contributed by atoms with Gasteiger partial charge in [-0.3, -0.25) is 4.57 Å². The van der Waals surface area contributed by atoms with Gasteiger partial charge < -0.3 is 20.3 Å². The molecule has 0 unspecified atom stereocenters. The summed E-state index contributed by atoms with van der Waals surface area (Å²) in [6, 6.07) is 0. The number of aliphatic hydroxyl groups is 2. The maximum Gasteiger partial charge on any atom is 0.167 e. The number of imidazole rings is 1. The molecule has 0 aromatic carbocycles. The van der Waals surface area contributed by atoms with Gasteiger partial charge in [-0.2, -0.15) is 12.6 Å². The third-order valence-corrected chi connectivity index (χ3v) is 4.73. The Morgan fingerprint density at radius 3 is 2.88 bits per heavy atom. The monoisotopic (exact) mass is 365 g/mol. The Labute approximate surface area is 151 Å². The van der Waals surface area contributed by atoms with Crippen LogP contribution in [0.1, 0.15) is 25.4 Å². The molecular weight excluding hydrogens is 342 g/mol. The fourth-order valence-electron chi connectivity index (χ4n) is 2.84. The first kappa shape index (κ1) is 18.1. The highest BCUT2D eigenvalue weighted by Crippen LogP contribution is 2.35. The normalized spacial score (nSPS) is 26.3. The molecule has 2 aromatic rings. The van der Waals surface area contributed by atoms with Crippen LogP contribution in [0, 0.1) is 6.92 Å².